The Labute approximate surface area is 63.5 Å². The smallest absolute Gasteiger partial charge is 0.314 e. The molecule has 0 amide bonds. The Morgan fingerprint density at radius 2 is 2.27 bits per heavy atom. The molecule has 0 rings (SSSR count). The summed E-state index contributed by atoms with van der Waals surface area (Å²) < 4.78 is 0. The standard InChI is InChI=1S/C6H9NO4/c1-2-3-5(7(10)11)4-6(8)9/h3H,2,4H2,1H3,(H,8,9)/b5-3-. The molecule has 0 heterocycles. The van der Waals surface area contributed by atoms with Crippen LogP contribution in [-0.4, -0.2) is 16.0 Å². The van der Waals surface area contributed by atoms with E-state index in [9.17, 15) is 14.9 Å². The van der Waals surface area contributed by atoms with E-state index < -0.39 is 17.3 Å². The minimum Gasteiger partial charge on any atom is -0.481 e. The van der Waals surface area contributed by atoms with Gasteiger partial charge in [0.1, 0.15) is 6.42 Å². The Morgan fingerprint density at radius 3 is 2.55 bits per heavy atom. The van der Waals surface area contributed by atoms with Gasteiger partial charge in [-0.1, -0.05) is 6.92 Å². The van der Waals surface area contributed by atoms with E-state index in [-0.39, 0.29) is 5.70 Å². The molecule has 0 saturated heterocycles. The van der Waals surface area contributed by atoms with E-state index in [0.29, 0.717) is 6.42 Å². The first-order valence-corrected chi connectivity index (χ1v) is 3.13. The number of carboxylic acid groups (broad SMARTS) is 1. The highest BCUT2D eigenvalue weighted by atomic mass is 16.6. The molecule has 1 N–H and O–H groups in total. The molecule has 62 valence electrons. The van der Waals surface area contributed by atoms with Crippen molar-refractivity contribution in [3.05, 3.63) is 21.9 Å². The van der Waals surface area contributed by atoms with Gasteiger partial charge in [-0.25, -0.2) is 0 Å². The lowest BCUT2D eigenvalue weighted by Crippen LogP contribution is -2.05. The highest BCUT2D eigenvalue weighted by molar-refractivity contribution is 5.69. The van der Waals surface area contributed by atoms with Crippen LogP contribution in [0.25, 0.3) is 0 Å². The highest BCUT2D eigenvalue weighted by Gasteiger charge is 2.13. The lowest BCUT2D eigenvalue weighted by molar-refractivity contribution is -0.427. The Bertz CT molecular complexity index is 197. The third kappa shape index (κ3) is 4.07. The second-order valence-corrected chi connectivity index (χ2v) is 1.93. The molecule has 0 aliphatic heterocycles. The van der Waals surface area contributed by atoms with E-state index >= 15 is 0 Å². The minimum atomic E-state index is -1.18. The van der Waals surface area contributed by atoms with Crippen molar-refractivity contribution in [2.45, 2.75) is 19.8 Å². The second kappa shape index (κ2) is 4.43. The van der Waals surface area contributed by atoms with Crippen molar-refractivity contribution in [1.29, 1.82) is 0 Å². The summed E-state index contributed by atoms with van der Waals surface area (Å²) >= 11 is 0. The summed E-state index contributed by atoms with van der Waals surface area (Å²) in [5.41, 5.74) is -0.250. The summed E-state index contributed by atoms with van der Waals surface area (Å²) in [6.07, 6.45) is 1.26. The first kappa shape index (κ1) is 9.61. The molecule has 0 aromatic heterocycles. The summed E-state index contributed by atoms with van der Waals surface area (Å²) in [6.45, 7) is 1.71. The van der Waals surface area contributed by atoms with E-state index in [0.717, 1.165) is 0 Å². The number of hydrogen-bond donors (Lipinski definition) is 1. The van der Waals surface area contributed by atoms with Crippen LogP contribution in [0.15, 0.2) is 11.8 Å². The fourth-order valence-corrected chi connectivity index (χ4v) is 0.602. The van der Waals surface area contributed by atoms with E-state index in [1.165, 1.54) is 6.08 Å². The van der Waals surface area contributed by atoms with Crippen LogP contribution in [0.3, 0.4) is 0 Å². The molecular weight excluding hydrogens is 150 g/mol. The fraction of sp³-hybridized carbons (Fsp3) is 0.500. The predicted molar refractivity (Wildman–Crippen MR) is 37.6 cm³/mol. The number of aliphatic carboxylic acids is 1. The van der Waals surface area contributed by atoms with Crippen molar-refractivity contribution in [3.8, 4) is 0 Å². The van der Waals surface area contributed by atoms with Crippen molar-refractivity contribution in [2.75, 3.05) is 0 Å². The van der Waals surface area contributed by atoms with Crippen molar-refractivity contribution in [2.24, 2.45) is 0 Å². The van der Waals surface area contributed by atoms with E-state index in [4.69, 9.17) is 5.11 Å². The lowest BCUT2D eigenvalue weighted by Gasteiger charge is -1.92. The zero-order valence-electron chi connectivity index (χ0n) is 6.11. The van der Waals surface area contributed by atoms with Gasteiger partial charge >= 0.3 is 5.97 Å². The van der Waals surface area contributed by atoms with Crippen LogP contribution in [0, 0.1) is 10.1 Å². The number of nitrogens with zero attached hydrogens (tertiary/aromatic N) is 1. The number of nitro groups is 1. The molecule has 0 aromatic rings. The summed E-state index contributed by atoms with van der Waals surface area (Å²) in [7, 11) is 0. The molecule has 0 aromatic carbocycles. The molecule has 0 fully saturated rings. The van der Waals surface area contributed by atoms with Gasteiger partial charge < -0.3 is 5.11 Å². The molecule has 0 unspecified atom stereocenters. The Balaban J connectivity index is 4.23. The molecule has 0 saturated carbocycles. The monoisotopic (exact) mass is 159 g/mol. The van der Waals surface area contributed by atoms with Gasteiger partial charge in [-0.2, -0.15) is 0 Å². The van der Waals surface area contributed by atoms with E-state index in [1.54, 1.807) is 6.92 Å². The van der Waals surface area contributed by atoms with Crippen LogP contribution in [-0.2, 0) is 4.79 Å². The van der Waals surface area contributed by atoms with Crippen LogP contribution in [0.4, 0.5) is 0 Å². The largest absolute Gasteiger partial charge is 0.481 e. The molecule has 0 bridgehead atoms. The maximum absolute atomic E-state index is 10.1. The van der Waals surface area contributed by atoms with Gasteiger partial charge in [0, 0.05) is 0 Å². The summed E-state index contributed by atoms with van der Waals surface area (Å²) in [6, 6.07) is 0. The van der Waals surface area contributed by atoms with Gasteiger partial charge in [-0.05, 0) is 12.5 Å². The van der Waals surface area contributed by atoms with Crippen molar-refractivity contribution in [1.82, 2.24) is 0 Å². The topological polar surface area (TPSA) is 80.4 Å². The molecule has 0 atom stereocenters. The third-order valence-corrected chi connectivity index (χ3v) is 1.01. The van der Waals surface area contributed by atoms with Gasteiger partial charge in [0.05, 0.1) is 4.92 Å². The minimum absolute atomic E-state index is 0.250. The normalized spacial score (nSPS) is 11.2. The molecule has 5 heteroatoms. The zero-order chi connectivity index (χ0) is 8.85. The maximum Gasteiger partial charge on any atom is 0.314 e. The molecule has 11 heavy (non-hydrogen) atoms. The van der Waals surface area contributed by atoms with Crippen LogP contribution in [0.2, 0.25) is 0 Å². The maximum atomic E-state index is 10.1. The summed E-state index contributed by atoms with van der Waals surface area (Å²) in [5.74, 6) is -1.18. The quantitative estimate of drug-likeness (QED) is 0.490. The second-order valence-electron chi connectivity index (χ2n) is 1.93. The number of carbonyl (C=O) groups is 1. The van der Waals surface area contributed by atoms with Crippen LogP contribution < -0.4 is 0 Å². The lowest BCUT2D eigenvalue weighted by atomic mass is 10.3. The Kier molecular flexibility index (Phi) is 3.87. The Morgan fingerprint density at radius 1 is 1.73 bits per heavy atom. The molecule has 0 spiro atoms. The van der Waals surface area contributed by atoms with Crippen LogP contribution in [0.5, 0.6) is 0 Å². The van der Waals surface area contributed by atoms with Gasteiger partial charge in [0.15, 0.2) is 0 Å². The number of carboxylic acids is 1. The fourth-order valence-electron chi connectivity index (χ4n) is 0.602. The van der Waals surface area contributed by atoms with Crippen molar-refractivity contribution < 1.29 is 14.8 Å². The van der Waals surface area contributed by atoms with E-state index in [1.807, 2.05) is 0 Å². The average Bonchev–Trinajstić information content (AvgIpc) is 1.86. The first-order chi connectivity index (χ1) is 5.07. The van der Waals surface area contributed by atoms with Crippen molar-refractivity contribution in [3.63, 3.8) is 0 Å². The van der Waals surface area contributed by atoms with Gasteiger partial charge in [0.25, 0.3) is 5.70 Å². The zero-order valence-corrected chi connectivity index (χ0v) is 6.11. The number of allylic oxidation sites excluding steroid dienone is 1. The average molecular weight is 159 g/mol. The SMILES string of the molecule is CC/C=C(/CC(=O)O)[N+](=O)[O-]. The molecule has 0 aliphatic carbocycles. The summed E-state index contributed by atoms with van der Waals surface area (Å²) in [4.78, 5) is 19.5. The number of hydrogen-bond acceptors (Lipinski definition) is 3. The van der Waals surface area contributed by atoms with Gasteiger partial charge in [0.2, 0.25) is 0 Å². The Hall–Kier alpha value is -1.39. The number of rotatable bonds is 4. The van der Waals surface area contributed by atoms with Gasteiger partial charge in [-0.15, -0.1) is 0 Å². The van der Waals surface area contributed by atoms with Gasteiger partial charge in [-0.3, -0.25) is 14.9 Å². The van der Waals surface area contributed by atoms with Crippen LogP contribution >= 0.6 is 0 Å². The molecular formula is C6H9NO4. The molecule has 5 nitrogen and oxygen atoms in total. The summed E-state index contributed by atoms with van der Waals surface area (Å²) in [5, 5.41) is 18.3. The van der Waals surface area contributed by atoms with Crippen LogP contribution in [0.1, 0.15) is 19.8 Å². The third-order valence-electron chi connectivity index (χ3n) is 1.01. The first-order valence-electron chi connectivity index (χ1n) is 3.13. The molecule has 0 radical (unpaired) electrons. The molecule has 0 aliphatic rings. The predicted octanol–water partition coefficient (Wildman–Crippen LogP) is 1.03. The van der Waals surface area contributed by atoms with E-state index in [2.05, 4.69) is 0 Å². The highest BCUT2D eigenvalue weighted by Crippen LogP contribution is 2.02. The van der Waals surface area contributed by atoms with Crippen molar-refractivity contribution >= 4 is 5.97 Å².